The van der Waals surface area contributed by atoms with E-state index in [9.17, 15) is 9.90 Å². The Morgan fingerprint density at radius 3 is 2.05 bits per heavy atom. The summed E-state index contributed by atoms with van der Waals surface area (Å²) in [5.74, 6) is -0.741. The van der Waals surface area contributed by atoms with Gasteiger partial charge in [-0.05, 0) is 29.4 Å². The van der Waals surface area contributed by atoms with Gasteiger partial charge in [0.1, 0.15) is 0 Å². The summed E-state index contributed by atoms with van der Waals surface area (Å²) in [6.45, 7) is 8.15. The second-order valence-electron chi connectivity index (χ2n) is 5.97. The molecule has 0 spiro atoms. The summed E-state index contributed by atoms with van der Waals surface area (Å²) in [5.41, 5.74) is 8.27. The largest absolute Gasteiger partial charge is 0.481 e. The molecule has 1 aromatic carbocycles. The highest BCUT2D eigenvalue weighted by Gasteiger charge is 2.29. The van der Waals surface area contributed by atoms with Crippen molar-refractivity contribution in [3.63, 3.8) is 0 Å². The second kappa shape index (κ2) is 6.71. The Morgan fingerprint density at radius 1 is 1.16 bits per heavy atom. The lowest BCUT2D eigenvalue weighted by molar-refractivity contribution is -0.144. The fourth-order valence-electron chi connectivity index (χ4n) is 2.41. The number of benzene rings is 1. The molecule has 2 unspecified atom stereocenters. The van der Waals surface area contributed by atoms with Crippen LogP contribution >= 0.6 is 0 Å². The van der Waals surface area contributed by atoms with E-state index in [0.717, 1.165) is 12.0 Å². The van der Waals surface area contributed by atoms with Crippen LogP contribution in [0, 0.1) is 17.8 Å². The molecule has 19 heavy (non-hydrogen) atoms. The Balaban J connectivity index is 2.87. The zero-order valence-corrected chi connectivity index (χ0v) is 12.3. The predicted molar refractivity (Wildman–Crippen MR) is 77.9 cm³/mol. The van der Waals surface area contributed by atoms with Gasteiger partial charge in [-0.2, -0.15) is 0 Å². The Hall–Kier alpha value is -1.35. The van der Waals surface area contributed by atoms with Gasteiger partial charge in [0.05, 0.1) is 5.92 Å². The average Bonchev–Trinajstić information content (AvgIpc) is 2.27. The molecule has 1 rings (SSSR count). The predicted octanol–water partition coefficient (Wildman–Crippen LogP) is 3.24. The number of carboxylic acids is 1. The van der Waals surface area contributed by atoms with E-state index in [1.807, 2.05) is 26.0 Å². The third kappa shape index (κ3) is 4.35. The standard InChI is InChI=1S/C16H25NO2/c1-10(2)9-12-5-7-13(8-6-12)15(17)14(11(3)4)16(18)19/h5-8,10-11,14-15H,9,17H2,1-4H3,(H,18,19). The van der Waals surface area contributed by atoms with E-state index in [4.69, 9.17) is 5.73 Å². The normalized spacial score (nSPS) is 14.7. The lowest BCUT2D eigenvalue weighted by Crippen LogP contribution is -2.32. The first-order valence-corrected chi connectivity index (χ1v) is 6.90. The van der Waals surface area contributed by atoms with Crippen LogP contribution in [-0.2, 0) is 11.2 Å². The van der Waals surface area contributed by atoms with Gasteiger partial charge in [-0.25, -0.2) is 0 Å². The van der Waals surface area contributed by atoms with E-state index in [-0.39, 0.29) is 5.92 Å². The Kier molecular flexibility index (Phi) is 5.55. The highest BCUT2D eigenvalue weighted by Crippen LogP contribution is 2.26. The maximum Gasteiger partial charge on any atom is 0.308 e. The maximum atomic E-state index is 11.3. The van der Waals surface area contributed by atoms with Gasteiger partial charge in [0, 0.05) is 6.04 Å². The summed E-state index contributed by atoms with van der Waals surface area (Å²) in [7, 11) is 0. The summed E-state index contributed by atoms with van der Waals surface area (Å²) in [4.78, 5) is 11.3. The molecule has 0 saturated heterocycles. The number of hydrogen-bond donors (Lipinski definition) is 2. The van der Waals surface area contributed by atoms with Gasteiger partial charge in [-0.15, -0.1) is 0 Å². The first kappa shape index (κ1) is 15.7. The average molecular weight is 263 g/mol. The van der Waals surface area contributed by atoms with Crippen molar-refractivity contribution in [3.8, 4) is 0 Å². The first-order valence-electron chi connectivity index (χ1n) is 6.90. The van der Waals surface area contributed by atoms with E-state index in [0.29, 0.717) is 5.92 Å². The van der Waals surface area contributed by atoms with Crippen molar-refractivity contribution in [3.05, 3.63) is 35.4 Å². The molecular weight excluding hydrogens is 238 g/mol. The van der Waals surface area contributed by atoms with Crippen molar-refractivity contribution < 1.29 is 9.90 Å². The van der Waals surface area contributed by atoms with E-state index in [1.165, 1.54) is 5.56 Å². The topological polar surface area (TPSA) is 63.3 Å². The third-order valence-corrected chi connectivity index (χ3v) is 3.40. The van der Waals surface area contributed by atoms with Gasteiger partial charge >= 0.3 is 5.97 Å². The molecule has 0 radical (unpaired) electrons. The van der Waals surface area contributed by atoms with Crippen molar-refractivity contribution in [2.24, 2.45) is 23.5 Å². The quantitative estimate of drug-likeness (QED) is 0.828. The van der Waals surface area contributed by atoms with Crippen LogP contribution in [0.3, 0.4) is 0 Å². The Morgan fingerprint density at radius 2 is 1.68 bits per heavy atom. The van der Waals surface area contributed by atoms with Crippen LogP contribution in [0.2, 0.25) is 0 Å². The number of carboxylic acid groups (broad SMARTS) is 1. The molecule has 3 N–H and O–H groups in total. The zero-order valence-electron chi connectivity index (χ0n) is 12.3. The lowest BCUT2D eigenvalue weighted by Gasteiger charge is -2.24. The van der Waals surface area contributed by atoms with Gasteiger partial charge in [-0.3, -0.25) is 4.79 Å². The van der Waals surface area contributed by atoms with E-state index in [1.54, 1.807) is 0 Å². The molecule has 0 aliphatic rings. The molecule has 106 valence electrons. The number of carbonyl (C=O) groups is 1. The molecule has 0 aliphatic heterocycles. The van der Waals surface area contributed by atoms with Crippen LogP contribution < -0.4 is 5.73 Å². The SMILES string of the molecule is CC(C)Cc1ccc(C(N)C(C(=O)O)C(C)C)cc1. The molecule has 2 atom stereocenters. The minimum Gasteiger partial charge on any atom is -0.481 e. The molecule has 3 nitrogen and oxygen atoms in total. The van der Waals surface area contributed by atoms with Gasteiger partial charge in [0.2, 0.25) is 0 Å². The molecule has 0 fully saturated rings. The molecule has 1 aromatic rings. The Labute approximate surface area is 115 Å². The van der Waals surface area contributed by atoms with Crippen molar-refractivity contribution in [1.29, 1.82) is 0 Å². The summed E-state index contributed by atoms with van der Waals surface area (Å²) in [6.07, 6.45) is 1.03. The highest BCUT2D eigenvalue weighted by atomic mass is 16.4. The number of aliphatic carboxylic acids is 1. The minimum absolute atomic E-state index is 0.0165. The van der Waals surface area contributed by atoms with Crippen LogP contribution in [0.1, 0.15) is 44.9 Å². The van der Waals surface area contributed by atoms with Gasteiger partial charge in [0.25, 0.3) is 0 Å². The van der Waals surface area contributed by atoms with Crippen LogP contribution in [0.15, 0.2) is 24.3 Å². The number of hydrogen-bond acceptors (Lipinski definition) is 2. The molecular formula is C16H25NO2. The van der Waals surface area contributed by atoms with Crippen molar-refractivity contribution >= 4 is 5.97 Å². The Bertz CT molecular complexity index is 409. The van der Waals surface area contributed by atoms with Crippen LogP contribution in [0.5, 0.6) is 0 Å². The van der Waals surface area contributed by atoms with Crippen molar-refractivity contribution in [1.82, 2.24) is 0 Å². The third-order valence-electron chi connectivity index (χ3n) is 3.40. The smallest absolute Gasteiger partial charge is 0.308 e. The first-order chi connectivity index (χ1) is 8.82. The molecule has 0 amide bonds. The van der Waals surface area contributed by atoms with Crippen molar-refractivity contribution in [2.75, 3.05) is 0 Å². The monoisotopic (exact) mass is 263 g/mol. The summed E-state index contributed by atoms with van der Waals surface area (Å²) < 4.78 is 0. The second-order valence-corrected chi connectivity index (χ2v) is 5.97. The van der Waals surface area contributed by atoms with Crippen LogP contribution in [0.25, 0.3) is 0 Å². The lowest BCUT2D eigenvalue weighted by atomic mass is 9.85. The van der Waals surface area contributed by atoms with Gasteiger partial charge in [0.15, 0.2) is 0 Å². The highest BCUT2D eigenvalue weighted by molar-refractivity contribution is 5.71. The fourth-order valence-corrected chi connectivity index (χ4v) is 2.41. The van der Waals surface area contributed by atoms with Gasteiger partial charge < -0.3 is 10.8 Å². The maximum absolute atomic E-state index is 11.3. The molecule has 0 aromatic heterocycles. The van der Waals surface area contributed by atoms with E-state index >= 15 is 0 Å². The van der Waals surface area contributed by atoms with E-state index in [2.05, 4.69) is 26.0 Å². The van der Waals surface area contributed by atoms with Crippen LogP contribution in [-0.4, -0.2) is 11.1 Å². The summed E-state index contributed by atoms with van der Waals surface area (Å²) in [6, 6.07) is 7.56. The molecule has 0 saturated carbocycles. The van der Waals surface area contributed by atoms with Gasteiger partial charge in [-0.1, -0.05) is 52.0 Å². The van der Waals surface area contributed by atoms with Crippen molar-refractivity contribution in [2.45, 2.75) is 40.2 Å². The molecule has 0 bridgehead atoms. The van der Waals surface area contributed by atoms with E-state index < -0.39 is 17.9 Å². The molecule has 3 heteroatoms. The minimum atomic E-state index is -0.825. The summed E-state index contributed by atoms with van der Waals surface area (Å²) in [5, 5.41) is 9.27. The molecule has 0 aliphatic carbocycles. The molecule has 0 heterocycles. The zero-order chi connectivity index (χ0) is 14.6. The number of rotatable bonds is 6. The summed E-state index contributed by atoms with van der Waals surface area (Å²) >= 11 is 0. The van der Waals surface area contributed by atoms with Crippen LogP contribution in [0.4, 0.5) is 0 Å². The number of nitrogens with two attached hydrogens (primary N) is 1. The fraction of sp³-hybridized carbons (Fsp3) is 0.562.